The lowest BCUT2D eigenvalue weighted by Crippen LogP contribution is -2.24. The number of nitrogens with two attached hydrogens (primary N) is 2. The number of methoxy groups -OCH3 is 1. The molecule has 1 amide bonds. The Balaban J connectivity index is 2.37. The van der Waals surface area contributed by atoms with E-state index < -0.39 is 5.91 Å². The monoisotopic (exact) mass is 273 g/mol. The van der Waals surface area contributed by atoms with Gasteiger partial charge in [-0.15, -0.1) is 0 Å². The van der Waals surface area contributed by atoms with Gasteiger partial charge >= 0.3 is 0 Å². The van der Waals surface area contributed by atoms with Gasteiger partial charge in [0.1, 0.15) is 5.75 Å². The molecule has 0 radical (unpaired) electrons. The van der Waals surface area contributed by atoms with Gasteiger partial charge < -0.3 is 16.2 Å². The second-order valence-corrected chi connectivity index (χ2v) is 4.10. The van der Waals surface area contributed by atoms with Crippen molar-refractivity contribution < 1.29 is 9.53 Å². The summed E-state index contributed by atoms with van der Waals surface area (Å²) in [5, 5.41) is 4.17. The quantitative estimate of drug-likeness (QED) is 0.629. The van der Waals surface area contributed by atoms with Crippen LogP contribution in [0, 0.1) is 6.92 Å². The Morgan fingerprint density at radius 3 is 2.50 bits per heavy atom. The lowest BCUT2D eigenvalue weighted by Gasteiger charge is -2.06. The zero-order chi connectivity index (χ0) is 14.7. The average molecular weight is 273 g/mol. The van der Waals surface area contributed by atoms with Crippen molar-refractivity contribution in [1.82, 2.24) is 9.78 Å². The highest BCUT2D eigenvalue weighted by Crippen LogP contribution is 2.18. The van der Waals surface area contributed by atoms with Crippen LogP contribution in [0.3, 0.4) is 0 Å². The molecule has 0 aliphatic heterocycles. The van der Waals surface area contributed by atoms with E-state index in [1.165, 1.54) is 6.20 Å². The van der Waals surface area contributed by atoms with Crippen LogP contribution in [0.2, 0.25) is 0 Å². The molecule has 1 heterocycles. The van der Waals surface area contributed by atoms with E-state index in [0.717, 1.165) is 11.4 Å². The van der Waals surface area contributed by atoms with Crippen LogP contribution in [0.4, 0.5) is 0 Å². The van der Waals surface area contributed by atoms with E-state index in [0.29, 0.717) is 11.3 Å². The third-order valence-electron chi connectivity index (χ3n) is 2.79. The third kappa shape index (κ3) is 2.61. The number of aromatic nitrogens is 2. The summed E-state index contributed by atoms with van der Waals surface area (Å²) < 4.78 is 6.73. The number of nitrogens with zero attached hydrogens (tertiary/aromatic N) is 3. The SMILES string of the molecule is COc1ccc(-n2ncc(C(=O)N=C(N)N)c2C)cc1. The molecule has 0 unspecified atom stereocenters. The maximum Gasteiger partial charge on any atom is 0.283 e. The molecule has 0 aliphatic carbocycles. The number of ether oxygens (including phenoxy) is 1. The van der Waals surface area contributed by atoms with E-state index in [9.17, 15) is 4.79 Å². The van der Waals surface area contributed by atoms with Crippen LogP contribution in [0.25, 0.3) is 5.69 Å². The molecule has 2 rings (SSSR count). The van der Waals surface area contributed by atoms with Crippen molar-refractivity contribution in [2.24, 2.45) is 16.5 Å². The normalized spacial score (nSPS) is 10.1. The summed E-state index contributed by atoms with van der Waals surface area (Å²) in [6, 6.07) is 7.31. The summed E-state index contributed by atoms with van der Waals surface area (Å²) in [6.45, 7) is 1.77. The zero-order valence-corrected chi connectivity index (χ0v) is 11.2. The van der Waals surface area contributed by atoms with Gasteiger partial charge in [0.2, 0.25) is 0 Å². The third-order valence-corrected chi connectivity index (χ3v) is 2.79. The molecule has 0 saturated carbocycles. The van der Waals surface area contributed by atoms with Gasteiger partial charge in [-0.3, -0.25) is 4.79 Å². The van der Waals surface area contributed by atoms with Crippen molar-refractivity contribution in [2.45, 2.75) is 6.92 Å². The van der Waals surface area contributed by atoms with Gasteiger partial charge in [0, 0.05) is 0 Å². The van der Waals surface area contributed by atoms with Crippen molar-refractivity contribution in [1.29, 1.82) is 0 Å². The molecule has 0 saturated heterocycles. The van der Waals surface area contributed by atoms with E-state index in [-0.39, 0.29) is 5.96 Å². The molecule has 2 aromatic rings. The van der Waals surface area contributed by atoms with E-state index in [1.54, 1.807) is 18.7 Å². The Morgan fingerprint density at radius 2 is 1.95 bits per heavy atom. The lowest BCUT2D eigenvalue weighted by atomic mass is 10.2. The van der Waals surface area contributed by atoms with E-state index in [4.69, 9.17) is 16.2 Å². The van der Waals surface area contributed by atoms with Crippen molar-refractivity contribution in [2.75, 3.05) is 7.11 Å². The number of carbonyl (C=O) groups excluding carboxylic acids is 1. The number of benzene rings is 1. The Bertz CT molecular complexity index is 654. The number of carbonyl (C=O) groups is 1. The predicted octanol–water partition coefficient (Wildman–Crippen LogP) is 0.603. The van der Waals surface area contributed by atoms with Gasteiger partial charge in [-0.25, -0.2) is 4.68 Å². The molecule has 4 N–H and O–H groups in total. The van der Waals surface area contributed by atoms with Crippen molar-refractivity contribution >= 4 is 11.9 Å². The Kier molecular flexibility index (Phi) is 3.69. The maximum absolute atomic E-state index is 11.8. The molecule has 1 aromatic heterocycles. The van der Waals surface area contributed by atoms with Crippen LogP contribution >= 0.6 is 0 Å². The number of guanidine groups is 1. The van der Waals surface area contributed by atoms with Gasteiger partial charge in [0.25, 0.3) is 5.91 Å². The fraction of sp³-hybridized carbons (Fsp3) is 0.154. The second kappa shape index (κ2) is 5.43. The van der Waals surface area contributed by atoms with Gasteiger partial charge in [-0.05, 0) is 31.2 Å². The molecule has 0 fully saturated rings. The van der Waals surface area contributed by atoms with Crippen molar-refractivity contribution in [3.8, 4) is 11.4 Å². The minimum absolute atomic E-state index is 0.272. The fourth-order valence-electron chi connectivity index (χ4n) is 1.78. The maximum atomic E-state index is 11.8. The number of hydrogen-bond donors (Lipinski definition) is 2. The van der Waals surface area contributed by atoms with Crippen molar-refractivity contribution in [3.63, 3.8) is 0 Å². The Morgan fingerprint density at radius 1 is 1.30 bits per heavy atom. The number of aliphatic imine (C=N–C) groups is 1. The summed E-state index contributed by atoms with van der Waals surface area (Å²) >= 11 is 0. The zero-order valence-electron chi connectivity index (χ0n) is 11.2. The van der Waals surface area contributed by atoms with Gasteiger partial charge in [-0.2, -0.15) is 10.1 Å². The van der Waals surface area contributed by atoms with Gasteiger partial charge in [-0.1, -0.05) is 0 Å². The Labute approximate surface area is 115 Å². The van der Waals surface area contributed by atoms with E-state index in [2.05, 4.69) is 10.1 Å². The molecule has 0 spiro atoms. The van der Waals surface area contributed by atoms with Crippen molar-refractivity contribution in [3.05, 3.63) is 41.7 Å². The highest BCUT2D eigenvalue weighted by atomic mass is 16.5. The highest BCUT2D eigenvalue weighted by molar-refractivity contribution is 6.02. The summed E-state index contributed by atoms with van der Waals surface area (Å²) in [6.07, 6.45) is 1.44. The second-order valence-electron chi connectivity index (χ2n) is 4.10. The standard InChI is InChI=1S/C13H15N5O2/c1-8-11(12(19)17-13(14)15)7-16-18(8)9-3-5-10(20-2)6-4-9/h3-7H,1-2H3,(H4,14,15,17,19). The first-order valence-electron chi connectivity index (χ1n) is 5.86. The smallest absolute Gasteiger partial charge is 0.283 e. The number of rotatable bonds is 3. The minimum atomic E-state index is -0.512. The lowest BCUT2D eigenvalue weighted by molar-refractivity contribution is 0.100. The molecular formula is C13H15N5O2. The molecule has 7 nitrogen and oxygen atoms in total. The average Bonchev–Trinajstić information content (AvgIpc) is 2.80. The number of amides is 1. The van der Waals surface area contributed by atoms with Crippen LogP contribution in [-0.2, 0) is 0 Å². The van der Waals surface area contributed by atoms with Crippen LogP contribution in [0.15, 0.2) is 35.5 Å². The van der Waals surface area contributed by atoms with E-state index >= 15 is 0 Å². The van der Waals surface area contributed by atoms with E-state index in [1.807, 2.05) is 24.3 Å². The minimum Gasteiger partial charge on any atom is -0.497 e. The van der Waals surface area contributed by atoms with Gasteiger partial charge in [0.15, 0.2) is 5.96 Å². The first-order chi connectivity index (χ1) is 9.52. The fourth-order valence-corrected chi connectivity index (χ4v) is 1.78. The molecular weight excluding hydrogens is 258 g/mol. The first-order valence-corrected chi connectivity index (χ1v) is 5.86. The van der Waals surface area contributed by atoms with Crippen LogP contribution < -0.4 is 16.2 Å². The summed E-state index contributed by atoms with van der Waals surface area (Å²) in [7, 11) is 1.60. The first kappa shape index (κ1) is 13.6. The molecule has 104 valence electrons. The summed E-state index contributed by atoms with van der Waals surface area (Å²) in [5.74, 6) is -0.0378. The molecule has 20 heavy (non-hydrogen) atoms. The molecule has 0 bridgehead atoms. The molecule has 0 atom stereocenters. The largest absolute Gasteiger partial charge is 0.497 e. The Hall–Kier alpha value is -2.83. The molecule has 1 aromatic carbocycles. The highest BCUT2D eigenvalue weighted by Gasteiger charge is 2.14. The number of hydrogen-bond acceptors (Lipinski definition) is 3. The summed E-state index contributed by atoms with van der Waals surface area (Å²) in [4.78, 5) is 15.3. The topological polar surface area (TPSA) is 109 Å². The van der Waals surface area contributed by atoms with Crippen LogP contribution in [0.1, 0.15) is 16.1 Å². The molecule has 0 aliphatic rings. The van der Waals surface area contributed by atoms with Crippen LogP contribution in [-0.4, -0.2) is 28.8 Å². The summed E-state index contributed by atoms with van der Waals surface area (Å²) in [5.41, 5.74) is 12.2. The predicted molar refractivity (Wildman–Crippen MR) is 75.0 cm³/mol. The van der Waals surface area contributed by atoms with Gasteiger partial charge in [0.05, 0.1) is 30.3 Å². The molecule has 7 heteroatoms. The van der Waals surface area contributed by atoms with Crippen LogP contribution in [0.5, 0.6) is 5.75 Å².